The predicted octanol–water partition coefficient (Wildman–Crippen LogP) is 7.32. The largest absolute Gasteiger partial charge is 0.494 e. The number of likely N-dealkylation sites (N-methyl/N-ethyl adjacent to an activating group) is 2. The summed E-state index contributed by atoms with van der Waals surface area (Å²) in [7, 11) is 6.67. The Morgan fingerprint density at radius 1 is 0.861 bits per heavy atom. The molecular formula is C60H99N9O10. The van der Waals surface area contributed by atoms with Crippen LogP contribution in [0.5, 0.6) is 11.8 Å². The zero-order valence-electron chi connectivity index (χ0n) is 50.2. The fourth-order valence-corrected chi connectivity index (χ4v) is 11.6. The SMILES string of the molecule is CCC(C)C(C(CC(=O)N1CCCC1C(OC)C(C)C(=O)NCCc1c[nH]c2ccccc12)OC)N(C)C(=O)C(NC(=O)C(C(C)C)N(C)CCCC(=O)NNC(=O)CCCCCn1c(O)cc(C(C)(CC)CC)c1O)C(C)C. The number of likely N-dealkylation sites (tertiary alicyclic amines) is 1. The van der Waals surface area contributed by atoms with Crippen molar-refractivity contribution < 1.29 is 48.5 Å². The molecule has 3 aromatic rings. The number of hydrogen-bond donors (Lipinski definition) is 7. The number of methoxy groups -OCH3 is 2. The number of nitrogens with zero attached hydrogens (tertiary/aromatic N) is 4. The van der Waals surface area contributed by atoms with Gasteiger partial charge in [-0.2, -0.15) is 0 Å². The molecule has 6 amide bonds. The molecule has 8 unspecified atom stereocenters. The van der Waals surface area contributed by atoms with Gasteiger partial charge in [0.2, 0.25) is 35.4 Å². The highest BCUT2D eigenvalue weighted by molar-refractivity contribution is 5.90. The Morgan fingerprint density at radius 3 is 2.13 bits per heavy atom. The molecule has 1 aromatic carbocycles. The van der Waals surface area contributed by atoms with Gasteiger partial charge in [-0.05, 0) is 99.8 Å². The summed E-state index contributed by atoms with van der Waals surface area (Å²) >= 11 is 0. The first-order valence-corrected chi connectivity index (χ1v) is 29.1. The lowest BCUT2D eigenvalue weighted by molar-refractivity contribution is -0.148. The number of aromatic amines is 1. The predicted molar refractivity (Wildman–Crippen MR) is 309 cm³/mol. The second-order valence-electron chi connectivity index (χ2n) is 23.1. The number of para-hydroxylation sites is 1. The maximum Gasteiger partial charge on any atom is 0.245 e. The Hall–Kier alpha value is -5.66. The van der Waals surface area contributed by atoms with E-state index in [0.29, 0.717) is 71.1 Å². The molecule has 0 bridgehead atoms. The molecule has 1 aliphatic heterocycles. The van der Waals surface area contributed by atoms with Crippen molar-refractivity contribution in [1.82, 2.24) is 45.7 Å². The average molecular weight is 1110 g/mol. The monoisotopic (exact) mass is 1110 g/mol. The Kier molecular flexibility index (Phi) is 26.1. The van der Waals surface area contributed by atoms with E-state index >= 15 is 0 Å². The number of fused-ring (bicyclic) bond motifs is 1. The van der Waals surface area contributed by atoms with E-state index in [9.17, 15) is 39.0 Å². The summed E-state index contributed by atoms with van der Waals surface area (Å²) in [4.78, 5) is 90.9. The van der Waals surface area contributed by atoms with Gasteiger partial charge in [-0.3, -0.25) is 49.1 Å². The first-order chi connectivity index (χ1) is 37.5. The van der Waals surface area contributed by atoms with Crippen molar-refractivity contribution in [2.24, 2.45) is 23.7 Å². The maximum absolute atomic E-state index is 14.7. The second-order valence-corrected chi connectivity index (χ2v) is 23.1. The van der Waals surface area contributed by atoms with Gasteiger partial charge in [0.1, 0.15) is 6.04 Å². The van der Waals surface area contributed by atoms with Crippen LogP contribution in [0.25, 0.3) is 10.9 Å². The van der Waals surface area contributed by atoms with Crippen LogP contribution in [0.3, 0.4) is 0 Å². The van der Waals surface area contributed by atoms with Gasteiger partial charge < -0.3 is 45.1 Å². The molecule has 0 saturated carbocycles. The number of hydrazine groups is 1. The van der Waals surface area contributed by atoms with Crippen LogP contribution in [0.2, 0.25) is 0 Å². The molecule has 0 spiro atoms. The zero-order valence-corrected chi connectivity index (χ0v) is 50.2. The number of H-pyrrole nitrogens is 1. The fraction of sp³-hybridized carbons (Fsp3) is 0.700. The molecule has 0 radical (unpaired) electrons. The Bertz CT molecular complexity index is 2430. The van der Waals surface area contributed by atoms with Crippen molar-refractivity contribution in [3.63, 3.8) is 0 Å². The van der Waals surface area contributed by atoms with E-state index in [0.717, 1.165) is 41.3 Å². The van der Waals surface area contributed by atoms with Crippen LogP contribution in [0.4, 0.5) is 0 Å². The van der Waals surface area contributed by atoms with Crippen LogP contribution in [-0.4, -0.2) is 154 Å². The van der Waals surface area contributed by atoms with E-state index in [-0.39, 0.29) is 95.7 Å². The van der Waals surface area contributed by atoms with Crippen molar-refractivity contribution in [2.75, 3.05) is 47.9 Å². The summed E-state index contributed by atoms with van der Waals surface area (Å²) < 4.78 is 13.6. The average Bonchev–Trinajstić information content (AvgIpc) is 4.16. The quantitative estimate of drug-likeness (QED) is 0.0236. The van der Waals surface area contributed by atoms with E-state index in [1.165, 1.54) is 4.57 Å². The number of benzene rings is 1. The summed E-state index contributed by atoms with van der Waals surface area (Å²) in [5.41, 5.74) is 7.65. The van der Waals surface area contributed by atoms with Gasteiger partial charge in [0.25, 0.3) is 0 Å². The lowest BCUT2D eigenvalue weighted by Gasteiger charge is -2.41. The smallest absolute Gasteiger partial charge is 0.245 e. The molecule has 0 aliphatic carbocycles. The molecule has 1 saturated heterocycles. The standard InChI is InChI=1S/C60H99N9O10/c1-15-40(8)54(47(78-13)36-51(73)68-34-23-27-46(68)55(79-14)41(9)56(74)61-31-30-42-37-62-45-26-21-20-25-43(42)45)67(12)59(77)52(38(4)5)63-57(75)53(39(6)7)66(11)32-24-29-49(71)65-64-48(70)28-19-18-22-33-69-50(72)35-44(58(69)76)60(10,16-2)17-3/h20-21,25-26,35,37-41,46-47,52-55,62,72,76H,15-19,22-24,27-34,36H2,1-14H3,(H,61,74)(H,63,75)(H,64,70)(H,65,71). The lowest BCUT2D eigenvalue weighted by Crippen LogP contribution is -2.60. The van der Waals surface area contributed by atoms with E-state index in [1.54, 1.807) is 32.2 Å². The molecule has 1 fully saturated rings. The van der Waals surface area contributed by atoms with Crippen LogP contribution in [0, 0.1) is 23.7 Å². The number of hydrogen-bond acceptors (Lipinski definition) is 11. The van der Waals surface area contributed by atoms with Crippen molar-refractivity contribution in [2.45, 2.75) is 201 Å². The van der Waals surface area contributed by atoms with Crippen LogP contribution >= 0.6 is 0 Å². The van der Waals surface area contributed by atoms with Crippen LogP contribution in [0.15, 0.2) is 36.5 Å². The third-order valence-electron chi connectivity index (χ3n) is 17.0. The highest BCUT2D eigenvalue weighted by Gasteiger charge is 2.43. The molecule has 444 valence electrons. The third-order valence-corrected chi connectivity index (χ3v) is 17.0. The highest BCUT2D eigenvalue weighted by atomic mass is 16.5. The lowest BCUT2D eigenvalue weighted by atomic mass is 9.79. The molecule has 4 rings (SSSR count). The van der Waals surface area contributed by atoms with Gasteiger partial charge in [-0.25, -0.2) is 0 Å². The minimum atomic E-state index is -0.890. The summed E-state index contributed by atoms with van der Waals surface area (Å²) in [5, 5.41) is 28.6. The summed E-state index contributed by atoms with van der Waals surface area (Å²) in [6.45, 7) is 21.5. The van der Waals surface area contributed by atoms with Crippen LogP contribution < -0.4 is 21.5 Å². The zero-order chi connectivity index (χ0) is 58.7. The number of carbonyl (C=O) groups is 6. The molecule has 7 N–H and O–H groups in total. The topological polar surface area (TPSA) is 240 Å². The molecule has 3 heterocycles. The number of aromatic nitrogens is 2. The number of aromatic hydroxyl groups is 2. The van der Waals surface area contributed by atoms with Gasteiger partial charge in [0.05, 0.1) is 42.7 Å². The Labute approximate surface area is 471 Å². The molecule has 8 atom stereocenters. The number of nitrogens with one attached hydrogen (secondary N) is 5. The van der Waals surface area contributed by atoms with Gasteiger partial charge in [0.15, 0.2) is 11.8 Å². The summed E-state index contributed by atoms with van der Waals surface area (Å²) in [6.07, 6.45) is 7.79. The minimum Gasteiger partial charge on any atom is -0.494 e. The fourth-order valence-electron chi connectivity index (χ4n) is 11.6. The van der Waals surface area contributed by atoms with Gasteiger partial charge in [-0.15, -0.1) is 0 Å². The Balaban J connectivity index is 1.28. The minimum absolute atomic E-state index is 0.000154. The molecule has 19 nitrogen and oxygen atoms in total. The normalized spacial score (nSPS) is 16.6. The molecular weight excluding hydrogens is 1010 g/mol. The van der Waals surface area contributed by atoms with Crippen molar-refractivity contribution >= 4 is 46.3 Å². The molecule has 1 aliphatic rings. The van der Waals surface area contributed by atoms with E-state index in [2.05, 4.69) is 53.3 Å². The molecule has 2 aromatic heterocycles. The highest BCUT2D eigenvalue weighted by Crippen LogP contribution is 2.41. The van der Waals surface area contributed by atoms with Gasteiger partial charge >= 0.3 is 0 Å². The van der Waals surface area contributed by atoms with Crippen molar-refractivity contribution in [3.8, 4) is 11.8 Å². The van der Waals surface area contributed by atoms with E-state index < -0.39 is 36.3 Å². The summed E-state index contributed by atoms with van der Waals surface area (Å²) in [6, 6.07) is 7.35. The number of ether oxygens (including phenoxy) is 2. The summed E-state index contributed by atoms with van der Waals surface area (Å²) in [5.74, 6) is -2.53. The van der Waals surface area contributed by atoms with Crippen LogP contribution in [-0.2, 0) is 56.6 Å². The number of rotatable bonds is 33. The Morgan fingerprint density at radius 2 is 1.52 bits per heavy atom. The molecule has 19 heteroatoms. The van der Waals surface area contributed by atoms with Crippen molar-refractivity contribution in [1.29, 1.82) is 0 Å². The first kappa shape index (κ1) is 65.9. The third kappa shape index (κ3) is 17.4. The number of unbranched alkanes of at least 4 members (excludes halogenated alkanes) is 2. The van der Waals surface area contributed by atoms with E-state index in [1.807, 2.05) is 89.7 Å². The van der Waals surface area contributed by atoms with Gasteiger partial charge in [0, 0.05) is 82.5 Å². The maximum atomic E-state index is 14.7. The van der Waals surface area contributed by atoms with Crippen molar-refractivity contribution in [3.05, 3.63) is 47.7 Å². The van der Waals surface area contributed by atoms with E-state index in [4.69, 9.17) is 9.47 Å². The van der Waals surface area contributed by atoms with Crippen LogP contribution in [0.1, 0.15) is 157 Å². The number of amides is 6. The van der Waals surface area contributed by atoms with Gasteiger partial charge in [-0.1, -0.05) is 100 Å². The molecule has 79 heavy (non-hydrogen) atoms. The second kappa shape index (κ2) is 31.4. The first-order valence-electron chi connectivity index (χ1n) is 29.1. The number of carbonyl (C=O) groups excluding carboxylic acids is 6.